The molecular weight excluding hydrogens is 507 g/mol. The van der Waals surface area contributed by atoms with Crippen LogP contribution in [0.2, 0.25) is 5.02 Å². The molecule has 2 amide bonds. The van der Waals surface area contributed by atoms with Crippen LogP contribution < -0.4 is 5.32 Å². The number of carbonyl (C=O) groups is 2. The quantitative estimate of drug-likeness (QED) is 0.212. The molecule has 1 N–H and O–H groups in total. The minimum absolute atomic E-state index is 0.0187. The van der Waals surface area contributed by atoms with Crippen LogP contribution in [0.1, 0.15) is 44.7 Å². The Morgan fingerprint density at radius 3 is 2.27 bits per heavy atom. The van der Waals surface area contributed by atoms with E-state index in [4.69, 9.17) is 11.6 Å². The molecule has 3 aromatic carbocycles. The lowest BCUT2D eigenvalue weighted by molar-refractivity contribution is -0.142. The predicted octanol–water partition coefficient (Wildman–Crippen LogP) is 6.91. The van der Waals surface area contributed by atoms with Crippen molar-refractivity contribution in [2.24, 2.45) is 0 Å². The van der Waals surface area contributed by atoms with Gasteiger partial charge in [-0.15, -0.1) is 11.8 Å². The molecule has 0 unspecified atom stereocenters. The van der Waals surface area contributed by atoms with Crippen molar-refractivity contribution in [2.45, 2.75) is 63.1 Å². The van der Waals surface area contributed by atoms with Gasteiger partial charge in [-0.3, -0.25) is 9.59 Å². The molecular formula is C30H34ClFN2O2S. The number of halogens is 2. The summed E-state index contributed by atoms with van der Waals surface area (Å²) < 4.78 is 14.6. The third-order valence-electron chi connectivity index (χ3n) is 5.69. The summed E-state index contributed by atoms with van der Waals surface area (Å²) in [6.45, 7) is 5.73. The Hall–Kier alpha value is -2.83. The minimum atomic E-state index is -0.780. The number of nitrogens with one attached hydrogen (secondary N) is 1. The maximum Gasteiger partial charge on any atom is 0.243 e. The van der Waals surface area contributed by atoms with E-state index in [0.717, 1.165) is 16.2 Å². The van der Waals surface area contributed by atoms with Gasteiger partial charge in [0.2, 0.25) is 11.8 Å². The van der Waals surface area contributed by atoms with Crippen LogP contribution in [0.3, 0.4) is 0 Å². The van der Waals surface area contributed by atoms with Crippen molar-refractivity contribution in [2.75, 3.05) is 5.75 Å². The van der Waals surface area contributed by atoms with E-state index in [-0.39, 0.29) is 24.8 Å². The van der Waals surface area contributed by atoms with Crippen molar-refractivity contribution in [3.05, 3.63) is 101 Å². The molecule has 7 heteroatoms. The topological polar surface area (TPSA) is 49.4 Å². The molecule has 0 aliphatic carbocycles. The van der Waals surface area contributed by atoms with Gasteiger partial charge in [0.05, 0.1) is 0 Å². The molecule has 0 radical (unpaired) electrons. The lowest BCUT2D eigenvalue weighted by Crippen LogP contribution is -2.54. The van der Waals surface area contributed by atoms with E-state index in [1.165, 1.54) is 6.07 Å². The molecule has 0 saturated heterocycles. The Morgan fingerprint density at radius 2 is 1.62 bits per heavy atom. The minimum Gasteiger partial charge on any atom is -0.350 e. The largest absolute Gasteiger partial charge is 0.350 e. The highest BCUT2D eigenvalue weighted by molar-refractivity contribution is 7.99. The van der Waals surface area contributed by atoms with Crippen LogP contribution in [-0.2, 0) is 22.6 Å². The Bertz CT molecular complexity index is 1170. The first-order chi connectivity index (χ1) is 17.6. The summed E-state index contributed by atoms with van der Waals surface area (Å²) >= 11 is 7.61. The van der Waals surface area contributed by atoms with Crippen molar-refractivity contribution in [3.8, 4) is 0 Å². The van der Waals surface area contributed by atoms with E-state index in [2.05, 4.69) is 5.32 Å². The Morgan fingerprint density at radius 1 is 0.973 bits per heavy atom. The normalized spacial score (nSPS) is 12.1. The van der Waals surface area contributed by atoms with E-state index in [1.807, 2.05) is 75.4 Å². The molecule has 3 rings (SSSR count). The van der Waals surface area contributed by atoms with E-state index in [1.54, 1.807) is 34.9 Å². The van der Waals surface area contributed by atoms with Gasteiger partial charge in [0, 0.05) is 40.4 Å². The Balaban J connectivity index is 1.81. The maximum atomic E-state index is 14.6. The van der Waals surface area contributed by atoms with Crippen LogP contribution in [0.5, 0.6) is 0 Å². The third kappa shape index (κ3) is 9.52. The average molecular weight is 541 g/mol. The molecule has 3 aromatic rings. The fraction of sp³-hybridized carbons (Fsp3) is 0.333. The van der Waals surface area contributed by atoms with Crippen LogP contribution in [-0.4, -0.2) is 34.0 Å². The summed E-state index contributed by atoms with van der Waals surface area (Å²) in [4.78, 5) is 29.7. The second kappa shape index (κ2) is 13.6. The summed E-state index contributed by atoms with van der Waals surface area (Å²) in [5.74, 6) is -0.0897. The number of carbonyl (C=O) groups excluding carboxylic acids is 2. The summed E-state index contributed by atoms with van der Waals surface area (Å²) in [5, 5.41) is 3.71. The second-order valence-electron chi connectivity index (χ2n) is 9.96. The van der Waals surface area contributed by atoms with Gasteiger partial charge in [-0.1, -0.05) is 60.1 Å². The number of nitrogens with zero attached hydrogens (tertiary/aromatic N) is 1. The first-order valence-corrected chi connectivity index (χ1v) is 13.8. The molecule has 0 spiro atoms. The average Bonchev–Trinajstić information content (AvgIpc) is 2.85. The van der Waals surface area contributed by atoms with Gasteiger partial charge < -0.3 is 10.2 Å². The van der Waals surface area contributed by atoms with E-state index in [0.29, 0.717) is 23.4 Å². The zero-order valence-electron chi connectivity index (χ0n) is 21.5. The second-order valence-corrected chi connectivity index (χ2v) is 11.6. The summed E-state index contributed by atoms with van der Waals surface area (Å²) in [6.07, 6.45) is 1.21. The number of thioether (sulfide) groups is 1. The summed E-state index contributed by atoms with van der Waals surface area (Å²) in [5.41, 5.74) is 0.836. The van der Waals surface area contributed by atoms with Crippen molar-refractivity contribution < 1.29 is 14.0 Å². The molecule has 0 fully saturated rings. The van der Waals surface area contributed by atoms with Gasteiger partial charge >= 0.3 is 0 Å². The molecule has 0 aromatic heterocycles. The lowest BCUT2D eigenvalue weighted by Gasteiger charge is -2.34. The van der Waals surface area contributed by atoms with E-state index >= 15 is 0 Å². The van der Waals surface area contributed by atoms with Gasteiger partial charge in [-0.25, -0.2) is 4.39 Å². The molecule has 0 heterocycles. The fourth-order valence-corrected chi connectivity index (χ4v) is 4.88. The zero-order valence-corrected chi connectivity index (χ0v) is 23.1. The predicted molar refractivity (Wildman–Crippen MR) is 150 cm³/mol. The van der Waals surface area contributed by atoms with Gasteiger partial charge in [0.15, 0.2) is 0 Å². The first-order valence-electron chi connectivity index (χ1n) is 12.4. The van der Waals surface area contributed by atoms with Crippen molar-refractivity contribution in [1.82, 2.24) is 10.2 Å². The number of rotatable bonds is 11. The zero-order chi connectivity index (χ0) is 26.8. The SMILES string of the molecule is CC(C)(C)NC(=O)[C@H](Cc1ccccc1)N(Cc1ccccc1F)C(=O)CCCSc1ccc(Cl)cc1. The molecule has 37 heavy (non-hydrogen) atoms. The number of hydrogen-bond acceptors (Lipinski definition) is 3. The standard InChI is InChI=1S/C30H34ClFN2O2S/c1-30(2,3)33-29(36)27(20-22-10-5-4-6-11-22)34(21-23-12-7-8-13-26(23)32)28(35)14-9-19-37-25-17-15-24(31)16-18-25/h4-8,10-13,15-18,27H,9,14,19-21H2,1-3H3,(H,33,36)/t27-/m0/s1. The molecule has 0 saturated carbocycles. The van der Waals surface area contributed by atoms with Crippen LogP contribution in [0, 0.1) is 5.82 Å². The van der Waals surface area contributed by atoms with E-state index in [9.17, 15) is 14.0 Å². The lowest BCUT2D eigenvalue weighted by atomic mass is 10.00. The maximum absolute atomic E-state index is 14.6. The van der Waals surface area contributed by atoms with Gasteiger partial charge in [-0.2, -0.15) is 0 Å². The molecule has 4 nitrogen and oxygen atoms in total. The molecule has 0 aliphatic rings. The van der Waals surface area contributed by atoms with Crippen LogP contribution in [0.4, 0.5) is 4.39 Å². The molecule has 1 atom stereocenters. The number of benzene rings is 3. The van der Waals surface area contributed by atoms with Crippen molar-refractivity contribution in [3.63, 3.8) is 0 Å². The van der Waals surface area contributed by atoms with Crippen LogP contribution in [0.15, 0.2) is 83.8 Å². The highest BCUT2D eigenvalue weighted by Gasteiger charge is 2.32. The van der Waals surface area contributed by atoms with Crippen molar-refractivity contribution in [1.29, 1.82) is 0 Å². The highest BCUT2D eigenvalue weighted by Crippen LogP contribution is 2.23. The number of amides is 2. The smallest absolute Gasteiger partial charge is 0.243 e. The summed E-state index contributed by atoms with van der Waals surface area (Å²) in [7, 11) is 0. The van der Waals surface area contributed by atoms with Crippen LogP contribution >= 0.6 is 23.4 Å². The van der Waals surface area contributed by atoms with Crippen molar-refractivity contribution >= 4 is 35.2 Å². The summed E-state index contributed by atoms with van der Waals surface area (Å²) in [6, 6.07) is 22.8. The molecule has 196 valence electrons. The highest BCUT2D eigenvalue weighted by atomic mass is 35.5. The monoisotopic (exact) mass is 540 g/mol. The number of hydrogen-bond donors (Lipinski definition) is 1. The Kier molecular flexibility index (Phi) is 10.6. The molecule has 0 bridgehead atoms. The third-order valence-corrected chi connectivity index (χ3v) is 7.04. The molecule has 0 aliphatic heterocycles. The fourth-order valence-electron chi connectivity index (χ4n) is 3.90. The first kappa shape index (κ1) is 28.7. The van der Waals surface area contributed by atoms with Gasteiger partial charge in [-0.05, 0) is 68.8 Å². The van der Waals surface area contributed by atoms with E-state index < -0.39 is 17.4 Å². The van der Waals surface area contributed by atoms with Crippen LogP contribution in [0.25, 0.3) is 0 Å². The van der Waals surface area contributed by atoms with Gasteiger partial charge in [0.1, 0.15) is 11.9 Å². The van der Waals surface area contributed by atoms with Gasteiger partial charge in [0.25, 0.3) is 0 Å². The Labute approximate surface area is 228 Å².